The van der Waals surface area contributed by atoms with Crippen molar-refractivity contribution in [1.29, 1.82) is 0 Å². The second-order valence-corrected chi connectivity index (χ2v) is 12.1. The number of nitrogens with one attached hydrogen (secondary N) is 2. The largest absolute Gasteiger partial charge is 0.444 e. The molecule has 0 saturated carbocycles. The standard InChI is InChI=1S/C32H54N4O5/c1-9-11-12-13-14-15-19-36(30(39)26(21-27(33)37)35-31(40)41-32(6,7)8)28(29(38)34-24(5)16-10-2)25-18-17-22(3)23(4)20-25/h17-18,20,24,26,28H,9-16,19,21H2,1-8H3,(H2,33,37)(H,34,38)(H,35,40). The lowest BCUT2D eigenvalue weighted by atomic mass is 9.97. The van der Waals surface area contributed by atoms with Gasteiger partial charge in [0, 0.05) is 12.6 Å². The van der Waals surface area contributed by atoms with E-state index in [2.05, 4.69) is 24.5 Å². The van der Waals surface area contributed by atoms with Gasteiger partial charge in [0.05, 0.1) is 6.42 Å². The maximum Gasteiger partial charge on any atom is 0.408 e. The van der Waals surface area contributed by atoms with E-state index < -0.39 is 42.0 Å². The molecular weight excluding hydrogens is 520 g/mol. The molecule has 1 rings (SSSR count). The Bertz CT molecular complexity index is 1000. The van der Waals surface area contributed by atoms with Crippen molar-refractivity contribution in [3.63, 3.8) is 0 Å². The van der Waals surface area contributed by atoms with Crippen molar-refractivity contribution >= 4 is 23.8 Å². The third-order valence-electron chi connectivity index (χ3n) is 6.95. The van der Waals surface area contributed by atoms with Gasteiger partial charge in [-0.3, -0.25) is 14.4 Å². The van der Waals surface area contributed by atoms with Crippen LogP contribution in [0.3, 0.4) is 0 Å². The van der Waals surface area contributed by atoms with E-state index in [1.807, 2.05) is 39.0 Å². The minimum absolute atomic E-state index is 0.0890. The van der Waals surface area contributed by atoms with E-state index in [1.54, 1.807) is 20.8 Å². The molecule has 232 valence electrons. The lowest BCUT2D eigenvalue weighted by Crippen LogP contribution is -2.54. The van der Waals surface area contributed by atoms with Gasteiger partial charge in [-0.1, -0.05) is 70.6 Å². The fraction of sp³-hybridized carbons (Fsp3) is 0.688. The number of carbonyl (C=O) groups is 4. The van der Waals surface area contributed by atoms with Crippen LogP contribution in [0.25, 0.3) is 0 Å². The zero-order valence-corrected chi connectivity index (χ0v) is 26.6. The molecule has 0 aromatic heterocycles. The fourth-order valence-electron chi connectivity index (χ4n) is 4.71. The van der Waals surface area contributed by atoms with Crippen LogP contribution in [-0.2, 0) is 19.1 Å². The highest BCUT2D eigenvalue weighted by Gasteiger charge is 2.37. The van der Waals surface area contributed by atoms with Gasteiger partial charge in [-0.25, -0.2) is 4.79 Å². The van der Waals surface area contributed by atoms with Gasteiger partial charge in [0.1, 0.15) is 17.7 Å². The highest BCUT2D eigenvalue weighted by atomic mass is 16.6. The van der Waals surface area contributed by atoms with E-state index >= 15 is 0 Å². The van der Waals surface area contributed by atoms with Crippen molar-refractivity contribution in [3.8, 4) is 0 Å². The van der Waals surface area contributed by atoms with Crippen LogP contribution in [0.5, 0.6) is 0 Å². The number of nitrogens with two attached hydrogens (primary N) is 1. The van der Waals surface area contributed by atoms with Crippen LogP contribution < -0.4 is 16.4 Å². The Morgan fingerprint density at radius 2 is 1.56 bits per heavy atom. The Morgan fingerprint density at radius 1 is 0.927 bits per heavy atom. The Balaban J connectivity index is 3.53. The number of hydrogen-bond acceptors (Lipinski definition) is 5. The number of rotatable bonds is 17. The maximum atomic E-state index is 14.2. The highest BCUT2D eigenvalue weighted by molar-refractivity contribution is 5.94. The average molecular weight is 575 g/mol. The average Bonchev–Trinajstić information content (AvgIpc) is 2.85. The van der Waals surface area contributed by atoms with Gasteiger partial charge in [-0.05, 0) is 71.1 Å². The van der Waals surface area contributed by atoms with E-state index in [9.17, 15) is 19.2 Å². The number of primary amides is 1. The number of unbranched alkanes of at least 4 members (excludes halogenated alkanes) is 5. The SMILES string of the molecule is CCCCCCCCN(C(=O)C(CC(N)=O)NC(=O)OC(C)(C)C)C(C(=O)NC(C)CCC)c1ccc(C)c(C)c1. The molecule has 1 aromatic rings. The Kier molecular flexibility index (Phi) is 15.5. The van der Waals surface area contributed by atoms with E-state index in [1.165, 1.54) is 4.90 Å². The second-order valence-electron chi connectivity index (χ2n) is 12.1. The predicted octanol–water partition coefficient (Wildman–Crippen LogP) is 5.61. The molecule has 0 bridgehead atoms. The van der Waals surface area contributed by atoms with E-state index in [-0.39, 0.29) is 18.5 Å². The van der Waals surface area contributed by atoms with Gasteiger partial charge >= 0.3 is 6.09 Å². The summed E-state index contributed by atoms with van der Waals surface area (Å²) in [6.45, 7) is 15.5. The molecule has 0 aliphatic carbocycles. The van der Waals surface area contributed by atoms with Crippen LogP contribution in [0.15, 0.2) is 18.2 Å². The molecule has 0 spiro atoms. The summed E-state index contributed by atoms with van der Waals surface area (Å²) in [7, 11) is 0. The summed E-state index contributed by atoms with van der Waals surface area (Å²) in [5.74, 6) is -1.60. The van der Waals surface area contributed by atoms with Crippen LogP contribution in [0, 0.1) is 13.8 Å². The van der Waals surface area contributed by atoms with Gasteiger partial charge in [0.2, 0.25) is 17.7 Å². The van der Waals surface area contributed by atoms with Crippen LogP contribution in [-0.4, -0.2) is 52.9 Å². The van der Waals surface area contributed by atoms with Crippen molar-refractivity contribution in [2.24, 2.45) is 5.73 Å². The lowest BCUT2D eigenvalue weighted by Gasteiger charge is -2.35. The van der Waals surface area contributed by atoms with E-state index in [0.717, 1.165) is 56.1 Å². The molecule has 4 amide bonds. The molecule has 0 aliphatic heterocycles. The van der Waals surface area contributed by atoms with E-state index in [0.29, 0.717) is 12.0 Å². The highest BCUT2D eigenvalue weighted by Crippen LogP contribution is 2.26. The zero-order valence-electron chi connectivity index (χ0n) is 26.6. The molecule has 3 unspecified atom stereocenters. The number of ether oxygens (including phenoxy) is 1. The molecule has 4 N–H and O–H groups in total. The summed E-state index contributed by atoms with van der Waals surface area (Å²) in [4.78, 5) is 54.3. The van der Waals surface area contributed by atoms with Gasteiger partial charge in [-0.15, -0.1) is 0 Å². The summed E-state index contributed by atoms with van der Waals surface area (Å²) < 4.78 is 5.36. The number of benzene rings is 1. The van der Waals surface area contributed by atoms with Gasteiger partial charge in [-0.2, -0.15) is 0 Å². The van der Waals surface area contributed by atoms with Crippen molar-refractivity contribution in [2.45, 2.75) is 137 Å². The third kappa shape index (κ3) is 13.4. The van der Waals surface area contributed by atoms with Crippen LogP contribution >= 0.6 is 0 Å². The summed E-state index contributed by atoms with van der Waals surface area (Å²) in [5.41, 5.74) is 7.43. The molecule has 41 heavy (non-hydrogen) atoms. The molecule has 3 atom stereocenters. The summed E-state index contributed by atoms with van der Waals surface area (Å²) in [5, 5.41) is 5.63. The van der Waals surface area contributed by atoms with Crippen molar-refractivity contribution in [3.05, 3.63) is 34.9 Å². The number of hydrogen-bond donors (Lipinski definition) is 3. The topological polar surface area (TPSA) is 131 Å². The third-order valence-corrected chi connectivity index (χ3v) is 6.95. The first-order chi connectivity index (χ1) is 19.2. The number of nitrogens with zero attached hydrogens (tertiary/aromatic N) is 1. The van der Waals surface area contributed by atoms with Crippen LogP contribution in [0.4, 0.5) is 4.79 Å². The number of carbonyl (C=O) groups excluding carboxylic acids is 4. The summed E-state index contributed by atoms with van der Waals surface area (Å²) >= 11 is 0. The molecule has 9 nitrogen and oxygen atoms in total. The Hall–Kier alpha value is -3.10. The van der Waals surface area contributed by atoms with Crippen molar-refractivity contribution < 1.29 is 23.9 Å². The number of amides is 4. The van der Waals surface area contributed by atoms with Crippen molar-refractivity contribution in [1.82, 2.24) is 15.5 Å². The molecule has 0 aliphatic rings. The molecular formula is C32H54N4O5. The minimum Gasteiger partial charge on any atom is -0.444 e. The summed E-state index contributed by atoms with van der Waals surface area (Å²) in [6.07, 6.45) is 6.39. The van der Waals surface area contributed by atoms with E-state index in [4.69, 9.17) is 10.5 Å². The Morgan fingerprint density at radius 3 is 2.12 bits per heavy atom. The Labute approximate surface area is 247 Å². The number of alkyl carbamates (subject to hydrolysis) is 1. The smallest absolute Gasteiger partial charge is 0.408 e. The summed E-state index contributed by atoms with van der Waals surface area (Å²) in [6, 6.07) is 3.41. The molecule has 0 heterocycles. The number of aryl methyl sites for hydroxylation is 2. The predicted molar refractivity (Wildman–Crippen MR) is 163 cm³/mol. The molecule has 0 saturated heterocycles. The first kappa shape index (κ1) is 35.9. The second kappa shape index (κ2) is 17.7. The monoisotopic (exact) mass is 574 g/mol. The van der Waals surface area contributed by atoms with Gasteiger partial charge < -0.3 is 26.0 Å². The minimum atomic E-state index is -1.28. The molecule has 0 radical (unpaired) electrons. The van der Waals surface area contributed by atoms with Gasteiger partial charge in [0.15, 0.2) is 0 Å². The maximum absolute atomic E-state index is 14.2. The lowest BCUT2D eigenvalue weighted by molar-refractivity contribution is -0.143. The molecule has 0 fully saturated rings. The first-order valence-corrected chi connectivity index (χ1v) is 15.2. The molecule has 1 aromatic carbocycles. The fourth-order valence-corrected chi connectivity index (χ4v) is 4.71. The molecule has 9 heteroatoms. The van der Waals surface area contributed by atoms with Gasteiger partial charge in [0.25, 0.3) is 0 Å². The quantitative estimate of drug-likeness (QED) is 0.208. The van der Waals surface area contributed by atoms with Crippen molar-refractivity contribution in [2.75, 3.05) is 6.54 Å². The normalized spacial score (nSPS) is 13.6. The van der Waals surface area contributed by atoms with Crippen LogP contribution in [0.2, 0.25) is 0 Å². The zero-order chi connectivity index (χ0) is 31.2. The van der Waals surface area contributed by atoms with Crippen LogP contribution in [0.1, 0.15) is 122 Å². The first-order valence-electron chi connectivity index (χ1n) is 15.2.